The third-order valence-corrected chi connectivity index (χ3v) is 6.26. The van der Waals surface area contributed by atoms with Gasteiger partial charge in [-0.15, -0.1) is 0 Å². The van der Waals surface area contributed by atoms with E-state index in [1.165, 1.54) is 18.4 Å². The Morgan fingerprint density at radius 1 is 1.15 bits per heavy atom. The van der Waals surface area contributed by atoms with Gasteiger partial charge in [0.25, 0.3) is 5.91 Å². The van der Waals surface area contributed by atoms with Crippen molar-refractivity contribution < 1.29 is 18.3 Å². The van der Waals surface area contributed by atoms with Crippen molar-refractivity contribution in [3.8, 4) is 0 Å². The smallest absolute Gasteiger partial charge is 0.273 e. The lowest BCUT2D eigenvalue weighted by Crippen LogP contribution is -2.32. The van der Waals surface area contributed by atoms with E-state index in [9.17, 15) is 9.18 Å². The molecule has 0 spiro atoms. The number of nitrogens with zero attached hydrogens (tertiary/aromatic N) is 2. The quantitative estimate of drug-likeness (QED) is 0.443. The van der Waals surface area contributed by atoms with Gasteiger partial charge in [0.05, 0.1) is 22.7 Å². The number of hydrogen-bond acceptors (Lipinski definition) is 5. The number of carbonyl (C=O) groups is 1. The predicted molar refractivity (Wildman–Crippen MR) is 124 cm³/mol. The molecule has 0 bridgehead atoms. The standard InChI is InChI=1S/C24H24Cl2FN3O3/c25-20-5-1-3-17(23(20)26)13-30(12-16-6-8-18(27)9-7-16)14-22-29-21(15-33-22)24(31)28-11-19-4-2-10-32-19/h1,3,5-9,15,19H,2,4,10-14H2,(H,28,31)/t19-/m1/s1. The summed E-state index contributed by atoms with van der Waals surface area (Å²) in [5.41, 5.74) is 1.97. The van der Waals surface area contributed by atoms with Gasteiger partial charge in [-0.1, -0.05) is 47.5 Å². The Morgan fingerprint density at radius 3 is 2.73 bits per heavy atom. The molecule has 1 saturated heterocycles. The van der Waals surface area contributed by atoms with Gasteiger partial charge in [-0.05, 0) is 42.2 Å². The average molecular weight is 492 g/mol. The maximum Gasteiger partial charge on any atom is 0.273 e. The van der Waals surface area contributed by atoms with Crippen LogP contribution in [0.3, 0.4) is 0 Å². The number of oxazole rings is 1. The van der Waals surface area contributed by atoms with E-state index in [2.05, 4.69) is 10.3 Å². The fourth-order valence-electron chi connectivity index (χ4n) is 3.71. The van der Waals surface area contributed by atoms with Crippen LogP contribution >= 0.6 is 23.2 Å². The van der Waals surface area contributed by atoms with Crippen LogP contribution in [0.5, 0.6) is 0 Å². The number of hydrogen-bond donors (Lipinski definition) is 1. The molecule has 3 aromatic rings. The largest absolute Gasteiger partial charge is 0.447 e. The zero-order chi connectivity index (χ0) is 23.2. The van der Waals surface area contributed by atoms with Crippen LogP contribution in [0.4, 0.5) is 4.39 Å². The fourth-order valence-corrected chi connectivity index (χ4v) is 4.09. The highest BCUT2D eigenvalue weighted by molar-refractivity contribution is 6.42. The van der Waals surface area contributed by atoms with Crippen molar-refractivity contribution in [3.63, 3.8) is 0 Å². The molecule has 33 heavy (non-hydrogen) atoms. The van der Waals surface area contributed by atoms with Crippen LogP contribution in [-0.2, 0) is 24.4 Å². The Kier molecular flexibility index (Phi) is 7.98. The second kappa shape index (κ2) is 11.1. The molecule has 4 rings (SSSR count). The van der Waals surface area contributed by atoms with Crippen LogP contribution in [-0.4, -0.2) is 35.0 Å². The van der Waals surface area contributed by atoms with Gasteiger partial charge in [0.2, 0.25) is 5.89 Å². The summed E-state index contributed by atoms with van der Waals surface area (Å²) < 4.78 is 24.4. The van der Waals surface area contributed by atoms with Gasteiger partial charge in [-0.3, -0.25) is 9.69 Å². The van der Waals surface area contributed by atoms with E-state index >= 15 is 0 Å². The summed E-state index contributed by atoms with van der Waals surface area (Å²) in [5, 5.41) is 3.78. The third kappa shape index (κ3) is 6.54. The Labute approximate surface area is 201 Å². The summed E-state index contributed by atoms with van der Waals surface area (Å²) in [6.07, 6.45) is 3.35. The molecule has 174 valence electrons. The van der Waals surface area contributed by atoms with Crippen molar-refractivity contribution in [2.24, 2.45) is 0 Å². The fraction of sp³-hybridized carbons (Fsp3) is 0.333. The molecule has 0 saturated carbocycles. The van der Waals surface area contributed by atoms with Crippen molar-refractivity contribution in [1.82, 2.24) is 15.2 Å². The monoisotopic (exact) mass is 491 g/mol. The minimum absolute atomic E-state index is 0.0500. The zero-order valence-corrected chi connectivity index (χ0v) is 19.4. The van der Waals surface area contributed by atoms with E-state index in [-0.39, 0.29) is 23.5 Å². The zero-order valence-electron chi connectivity index (χ0n) is 17.9. The van der Waals surface area contributed by atoms with Gasteiger partial charge in [0.15, 0.2) is 5.69 Å². The van der Waals surface area contributed by atoms with Crippen molar-refractivity contribution in [3.05, 3.63) is 87.3 Å². The lowest BCUT2D eigenvalue weighted by atomic mass is 10.1. The van der Waals surface area contributed by atoms with E-state index in [4.69, 9.17) is 32.4 Å². The van der Waals surface area contributed by atoms with Gasteiger partial charge in [0.1, 0.15) is 12.1 Å². The molecule has 1 atom stereocenters. The number of benzene rings is 2. The second-order valence-corrected chi connectivity index (χ2v) is 8.74. The van der Waals surface area contributed by atoms with Crippen molar-refractivity contribution >= 4 is 29.1 Å². The van der Waals surface area contributed by atoms with Crippen molar-refractivity contribution in [1.29, 1.82) is 0 Å². The minimum Gasteiger partial charge on any atom is -0.447 e. The molecule has 1 fully saturated rings. The highest BCUT2D eigenvalue weighted by Gasteiger charge is 2.20. The van der Waals surface area contributed by atoms with Crippen LogP contribution in [0.1, 0.15) is 40.3 Å². The molecule has 2 heterocycles. The topological polar surface area (TPSA) is 67.6 Å². The van der Waals surface area contributed by atoms with Gasteiger partial charge >= 0.3 is 0 Å². The minimum atomic E-state index is -0.302. The summed E-state index contributed by atoms with van der Waals surface area (Å²) in [6.45, 7) is 2.45. The van der Waals surface area contributed by atoms with Gasteiger partial charge < -0.3 is 14.5 Å². The number of amides is 1. The number of rotatable bonds is 9. The third-order valence-electron chi connectivity index (χ3n) is 5.40. The summed E-state index contributed by atoms with van der Waals surface area (Å²) in [7, 11) is 0. The molecule has 1 aromatic heterocycles. The van der Waals surface area contributed by atoms with Crippen molar-refractivity contribution in [2.75, 3.05) is 13.2 Å². The lowest BCUT2D eigenvalue weighted by molar-refractivity contribution is 0.0853. The summed E-state index contributed by atoms with van der Waals surface area (Å²) in [5.74, 6) is -0.212. The van der Waals surface area contributed by atoms with Gasteiger partial charge in [-0.25, -0.2) is 9.37 Å². The Balaban J connectivity index is 1.45. The van der Waals surface area contributed by atoms with Crippen LogP contribution < -0.4 is 5.32 Å². The molecule has 6 nitrogen and oxygen atoms in total. The van der Waals surface area contributed by atoms with Gasteiger partial charge in [0, 0.05) is 26.2 Å². The molecular weight excluding hydrogens is 468 g/mol. The summed E-state index contributed by atoms with van der Waals surface area (Å²) >= 11 is 12.6. The average Bonchev–Trinajstić information content (AvgIpc) is 3.49. The normalized spacial score (nSPS) is 15.8. The van der Waals surface area contributed by atoms with Crippen LogP contribution in [0, 0.1) is 5.82 Å². The van der Waals surface area contributed by atoms with E-state index in [1.807, 2.05) is 17.0 Å². The van der Waals surface area contributed by atoms with E-state index in [0.717, 1.165) is 30.6 Å². The summed E-state index contributed by atoms with van der Waals surface area (Å²) in [6, 6.07) is 11.7. The SMILES string of the molecule is O=C(NC[C@H]1CCCO1)c1coc(CN(Cc2ccc(F)cc2)Cc2cccc(Cl)c2Cl)n1. The van der Waals surface area contributed by atoms with Crippen LogP contribution in [0.25, 0.3) is 0 Å². The van der Waals surface area contributed by atoms with E-state index in [1.54, 1.807) is 18.2 Å². The molecule has 9 heteroatoms. The number of carbonyl (C=O) groups excluding carboxylic acids is 1. The molecule has 0 aliphatic carbocycles. The molecule has 1 aliphatic rings. The Hall–Kier alpha value is -2.45. The lowest BCUT2D eigenvalue weighted by Gasteiger charge is -2.22. The number of halogens is 3. The number of ether oxygens (including phenoxy) is 1. The summed E-state index contributed by atoms with van der Waals surface area (Å²) in [4.78, 5) is 18.8. The molecule has 1 amide bonds. The molecule has 2 aromatic carbocycles. The first-order chi connectivity index (χ1) is 16.0. The highest BCUT2D eigenvalue weighted by Crippen LogP contribution is 2.27. The maximum absolute atomic E-state index is 13.3. The molecule has 1 N–H and O–H groups in total. The van der Waals surface area contributed by atoms with Crippen LogP contribution in [0.15, 0.2) is 53.1 Å². The second-order valence-electron chi connectivity index (χ2n) is 7.96. The number of aromatic nitrogens is 1. The Morgan fingerprint density at radius 2 is 1.97 bits per heavy atom. The Bertz CT molecular complexity index is 1080. The predicted octanol–water partition coefficient (Wildman–Crippen LogP) is 5.23. The maximum atomic E-state index is 13.3. The molecule has 0 radical (unpaired) electrons. The van der Waals surface area contributed by atoms with Crippen molar-refractivity contribution in [2.45, 2.75) is 38.6 Å². The molecule has 0 unspecified atom stereocenters. The number of nitrogens with one attached hydrogen (secondary N) is 1. The highest BCUT2D eigenvalue weighted by atomic mass is 35.5. The molecular formula is C24H24Cl2FN3O3. The van der Waals surface area contributed by atoms with Crippen LogP contribution in [0.2, 0.25) is 10.0 Å². The first-order valence-corrected chi connectivity index (χ1v) is 11.5. The van der Waals surface area contributed by atoms with E-state index in [0.29, 0.717) is 42.1 Å². The first kappa shape index (κ1) is 23.7. The van der Waals surface area contributed by atoms with Gasteiger partial charge in [-0.2, -0.15) is 0 Å². The first-order valence-electron chi connectivity index (χ1n) is 10.7. The molecule has 1 aliphatic heterocycles. The van der Waals surface area contributed by atoms with E-state index < -0.39 is 0 Å².